The van der Waals surface area contributed by atoms with Crippen LogP contribution in [-0.2, 0) is 4.74 Å². The maximum absolute atomic E-state index is 4.94. The van der Waals surface area contributed by atoms with Crippen LogP contribution >= 0.6 is 15.9 Å². The number of hydrogen-bond donors (Lipinski definition) is 0. The summed E-state index contributed by atoms with van der Waals surface area (Å²) in [5.41, 5.74) is 0. The summed E-state index contributed by atoms with van der Waals surface area (Å²) in [6.45, 7) is 2.00. The van der Waals surface area contributed by atoms with Gasteiger partial charge in [-0.15, -0.1) is 0 Å². The van der Waals surface area contributed by atoms with Gasteiger partial charge < -0.3 is 24.6 Å². The van der Waals surface area contributed by atoms with Crippen molar-refractivity contribution in [1.82, 2.24) is 0 Å². The summed E-state index contributed by atoms with van der Waals surface area (Å²) in [5.74, 6) is 0. The molecule has 0 aromatic heterocycles. The SMILES string of the molecule is Brc1ccccc1.C1CCOC1.[Br-].[H-].[H-].[Mg+2].[Mg+2].[c-]1ccccc1. The Hall–Kier alpha value is 0.892. The Balaban J connectivity index is -0.0000000641. The van der Waals surface area contributed by atoms with Crippen LogP contribution in [0.4, 0.5) is 0 Å². The molecule has 21 heavy (non-hydrogen) atoms. The standard InChI is InChI=1S/C6H5Br.C6H5.C4H8O.BrH.2Mg.2H/c7-6-4-2-1-3-5-6;1-2-4-6-5-3-1;1-2-4-5-3-1;;;;;/h1-5H;1-5H;1-4H2;1H;;;;/q;-1;;;2*+2;2*-1/p-1. The van der Waals surface area contributed by atoms with E-state index >= 15 is 0 Å². The van der Waals surface area contributed by atoms with Crippen LogP contribution < -0.4 is 17.0 Å². The number of halogens is 2. The summed E-state index contributed by atoms with van der Waals surface area (Å²) in [5, 5.41) is 0. The van der Waals surface area contributed by atoms with E-state index in [1.165, 1.54) is 12.8 Å². The van der Waals surface area contributed by atoms with Crippen molar-refractivity contribution in [3.05, 3.63) is 71.2 Å². The predicted molar refractivity (Wildman–Crippen MR) is 93.2 cm³/mol. The van der Waals surface area contributed by atoms with E-state index in [1.54, 1.807) is 0 Å². The summed E-state index contributed by atoms with van der Waals surface area (Å²) in [7, 11) is 0. The zero-order valence-electron chi connectivity index (χ0n) is 14.2. The Labute approximate surface area is 182 Å². The van der Waals surface area contributed by atoms with Gasteiger partial charge in [0.1, 0.15) is 0 Å². The number of ether oxygens (including phenoxy) is 1. The molecule has 0 amide bonds. The normalized spacial score (nSPS) is 10.9. The van der Waals surface area contributed by atoms with Gasteiger partial charge in [-0.3, -0.25) is 0 Å². The van der Waals surface area contributed by atoms with Crippen LogP contribution in [0.2, 0.25) is 0 Å². The second-order valence-corrected chi connectivity index (χ2v) is 4.61. The van der Waals surface area contributed by atoms with Crippen LogP contribution in [0.25, 0.3) is 0 Å². The molecule has 2 aromatic carbocycles. The molecule has 1 saturated heterocycles. The third kappa shape index (κ3) is 18.8. The molecule has 0 aliphatic carbocycles. The van der Waals surface area contributed by atoms with Crippen LogP contribution in [0.3, 0.4) is 0 Å². The summed E-state index contributed by atoms with van der Waals surface area (Å²) in [6, 6.07) is 22.5. The zero-order valence-corrected chi connectivity index (χ0v) is 18.2. The maximum atomic E-state index is 4.94. The van der Waals surface area contributed by atoms with Crippen molar-refractivity contribution in [2.45, 2.75) is 12.8 Å². The first-order chi connectivity index (χ1) is 8.89. The Morgan fingerprint density at radius 2 is 1.33 bits per heavy atom. The van der Waals surface area contributed by atoms with Gasteiger partial charge in [-0.2, -0.15) is 36.4 Å². The topological polar surface area (TPSA) is 9.23 Å². The minimum Gasteiger partial charge on any atom is -1.00 e. The summed E-state index contributed by atoms with van der Waals surface area (Å²) < 4.78 is 6.08. The van der Waals surface area contributed by atoms with Gasteiger partial charge in [0.15, 0.2) is 0 Å². The first-order valence-electron chi connectivity index (χ1n) is 6.09. The minimum absolute atomic E-state index is 0. The van der Waals surface area contributed by atoms with Crippen molar-refractivity contribution in [1.29, 1.82) is 0 Å². The van der Waals surface area contributed by atoms with Gasteiger partial charge in [0, 0.05) is 17.7 Å². The molecule has 108 valence electrons. The van der Waals surface area contributed by atoms with E-state index in [4.69, 9.17) is 4.74 Å². The van der Waals surface area contributed by atoms with Crippen LogP contribution in [0, 0.1) is 6.07 Å². The monoisotopic (exact) mass is 434 g/mol. The van der Waals surface area contributed by atoms with Crippen LogP contribution in [0.1, 0.15) is 15.7 Å². The van der Waals surface area contributed by atoms with Gasteiger partial charge in [-0.05, 0) is 25.0 Å². The van der Waals surface area contributed by atoms with Gasteiger partial charge >= 0.3 is 46.1 Å². The van der Waals surface area contributed by atoms with Crippen molar-refractivity contribution < 1.29 is 24.6 Å². The van der Waals surface area contributed by atoms with Crippen molar-refractivity contribution in [3.8, 4) is 0 Å². The molecular weight excluding hydrogens is 417 g/mol. The van der Waals surface area contributed by atoms with Gasteiger partial charge in [-0.1, -0.05) is 34.1 Å². The molecule has 1 heterocycles. The molecule has 1 nitrogen and oxygen atoms in total. The minimum atomic E-state index is 0. The van der Waals surface area contributed by atoms with Crippen molar-refractivity contribution in [2.24, 2.45) is 0 Å². The Morgan fingerprint density at radius 1 is 0.857 bits per heavy atom. The van der Waals surface area contributed by atoms with E-state index in [-0.39, 0.29) is 65.9 Å². The van der Waals surface area contributed by atoms with E-state index in [2.05, 4.69) is 22.0 Å². The van der Waals surface area contributed by atoms with Crippen molar-refractivity contribution >= 4 is 62.0 Å². The number of rotatable bonds is 0. The van der Waals surface area contributed by atoms with Crippen LogP contribution in [0.15, 0.2) is 65.1 Å². The van der Waals surface area contributed by atoms with Crippen molar-refractivity contribution in [3.63, 3.8) is 0 Å². The maximum Gasteiger partial charge on any atom is 2.00 e. The Kier molecular flexibility index (Phi) is 26.6. The summed E-state index contributed by atoms with van der Waals surface area (Å²) in [6.07, 6.45) is 2.56. The van der Waals surface area contributed by atoms with Gasteiger partial charge in [0.2, 0.25) is 0 Å². The van der Waals surface area contributed by atoms with Gasteiger partial charge in [-0.25, -0.2) is 0 Å². The predicted octanol–water partition coefficient (Wildman–Crippen LogP) is 1.20. The first-order valence-corrected chi connectivity index (χ1v) is 6.88. The molecule has 0 unspecified atom stereocenters. The summed E-state index contributed by atoms with van der Waals surface area (Å²) >= 11 is 3.31. The van der Waals surface area contributed by atoms with Gasteiger partial charge in [0.05, 0.1) is 0 Å². The molecule has 2 aromatic rings. The fourth-order valence-corrected chi connectivity index (χ4v) is 1.57. The molecule has 0 saturated carbocycles. The molecule has 0 atom stereocenters. The zero-order chi connectivity index (χ0) is 12.9. The van der Waals surface area contributed by atoms with E-state index in [0.717, 1.165) is 17.7 Å². The average Bonchev–Trinajstić information content (AvgIpc) is 3.01. The molecule has 0 spiro atoms. The van der Waals surface area contributed by atoms with Crippen molar-refractivity contribution in [2.75, 3.05) is 13.2 Å². The molecule has 1 aliphatic rings. The molecule has 0 bridgehead atoms. The quantitative estimate of drug-likeness (QED) is 0.445. The third-order valence-electron chi connectivity index (χ3n) is 2.17. The third-order valence-corrected chi connectivity index (χ3v) is 2.70. The number of hydrogen-bond acceptors (Lipinski definition) is 1. The van der Waals surface area contributed by atoms with Gasteiger partial charge in [0.25, 0.3) is 0 Å². The fraction of sp³-hybridized carbons (Fsp3) is 0.250. The second kappa shape index (κ2) is 20.9. The molecule has 1 aliphatic heterocycles. The van der Waals surface area contributed by atoms with E-state index in [9.17, 15) is 0 Å². The second-order valence-electron chi connectivity index (χ2n) is 3.69. The Morgan fingerprint density at radius 3 is 1.52 bits per heavy atom. The molecule has 3 rings (SSSR count). The summed E-state index contributed by atoms with van der Waals surface area (Å²) in [4.78, 5) is 0. The molecule has 0 N–H and O–H groups in total. The van der Waals surface area contributed by atoms with E-state index in [1.807, 2.05) is 60.7 Å². The van der Waals surface area contributed by atoms with E-state index < -0.39 is 0 Å². The Bertz CT molecular complexity index is 359. The smallest absolute Gasteiger partial charge is 1.00 e. The average molecular weight is 437 g/mol. The van der Waals surface area contributed by atoms with E-state index in [0.29, 0.717) is 0 Å². The largest absolute Gasteiger partial charge is 2.00 e. The molecule has 5 heteroatoms. The van der Waals surface area contributed by atoms with Crippen LogP contribution in [-0.4, -0.2) is 59.3 Å². The first kappa shape index (κ1) is 26.8. The molecule has 0 radical (unpaired) electrons. The molecular formula is C16H20Br2Mg2O. The number of benzene rings is 2. The van der Waals surface area contributed by atoms with Crippen LogP contribution in [0.5, 0.6) is 0 Å². The fourth-order valence-electron chi connectivity index (χ4n) is 1.27. The molecule has 1 fully saturated rings.